The third kappa shape index (κ3) is 2.75. The zero-order valence-corrected chi connectivity index (χ0v) is 23.4. The molecule has 0 spiro atoms. The first-order valence-electron chi connectivity index (χ1n) is 14.4. The van der Waals surface area contributed by atoms with E-state index < -0.39 is 0 Å². The maximum Gasteiger partial charge on any atom is 0.165 e. The van der Waals surface area contributed by atoms with Gasteiger partial charge in [0.15, 0.2) is 5.65 Å². The van der Waals surface area contributed by atoms with Crippen LogP contribution in [0.15, 0.2) is 120 Å². The van der Waals surface area contributed by atoms with Gasteiger partial charge in [0.25, 0.3) is 0 Å². The highest BCUT2D eigenvalue weighted by molar-refractivity contribution is 7.25. The lowest BCUT2D eigenvalue weighted by atomic mass is 9.97. The Balaban J connectivity index is 1.35. The van der Waals surface area contributed by atoms with Gasteiger partial charge in [-0.2, -0.15) is 0 Å². The second-order valence-corrected chi connectivity index (χ2v) is 12.5. The van der Waals surface area contributed by atoms with Gasteiger partial charge >= 0.3 is 0 Å². The molecule has 11 rings (SSSR count). The summed E-state index contributed by atoms with van der Waals surface area (Å²) in [7, 11) is 0. The van der Waals surface area contributed by atoms with E-state index in [1.165, 1.54) is 42.1 Å². The summed E-state index contributed by atoms with van der Waals surface area (Å²) in [6, 6.07) is 41.0. The quantitative estimate of drug-likeness (QED) is 0.199. The Kier molecular flexibility index (Phi) is 3.94. The number of rotatable bonds is 1. The lowest BCUT2D eigenvalue weighted by molar-refractivity contribution is 0.669. The molecule has 198 valence electrons. The van der Waals surface area contributed by atoms with Crippen LogP contribution in [0.3, 0.4) is 0 Å². The normalized spacial score (nSPS) is 12.7. The van der Waals surface area contributed by atoms with Crippen molar-refractivity contribution in [2.45, 2.75) is 0 Å². The molecule has 5 heteroatoms. The molecule has 0 aliphatic heterocycles. The first-order chi connectivity index (χ1) is 21.3. The molecule has 5 heterocycles. The highest BCUT2D eigenvalue weighted by Crippen LogP contribution is 2.46. The molecule has 0 saturated heterocycles. The molecule has 0 amide bonds. The van der Waals surface area contributed by atoms with E-state index >= 15 is 0 Å². The number of para-hydroxylation sites is 3. The first kappa shape index (κ1) is 22.1. The van der Waals surface area contributed by atoms with Crippen molar-refractivity contribution in [3.63, 3.8) is 0 Å². The van der Waals surface area contributed by atoms with Crippen LogP contribution >= 0.6 is 11.3 Å². The number of benzene rings is 6. The summed E-state index contributed by atoms with van der Waals surface area (Å²) in [5.74, 6) is 0. The molecule has 0 N–H and O–H groups in total. The highest BCUT2D eigenvalue weighted by Gasteiger charge is 2.24. The van der Waals surface area contributed by atoms with E-state index in [2.05, 4.69) is 89.3 Å². The van der Waals surface area contributed by atoms with Crippen LogP contribution in [0.25, 0.3) is 103 Å². The standard InChI is InChI=1S/C38H19N3OS/c1-5-11-30-23(8-1)35-31(42-30)15-14-29-34(35)25-18-21(20-13-16-33-24(17-20)22-7-2-6-12-32(22)43-33)19-26-36-38(41(29)37(25)26)40-28-10-4-3-9-27(28)39-36/h1-19H. The predicted octanol–water partition coefficient (Wildman–Crippen LogP) is 10.7. The number of furan rings is 1. The van der Waals surface area contributed by atoms with Crippen LogP contribution in [0.2, 0.25) is 0 Å². The molecule has 4 nitrogen and oxygen atoms in total. The van der Waals surface area contributed by atoms with E-state index in [1.807, 2.05) is 41.7 Å². The number of hydrogen-bond donors (Lipinski definition) is 0. The Morgan fingerprint density at radius 2 is 1.28 bits per heavy atom. The number of aromatic nitrogens is 3. The third-order valence-corrected chi connectivity index (χ3v) is 10.2. The molecule has 43 heavy (non-hydrogen) atoms. The molecule has 0 bridgehead atoms. The van der Waals surface area contributed by atoms with E-state index in [-0.39, 0.29) is 0 Å². The number of thiophene rings is 1. The molecule has 0 atom stereocenters. The molecule has 0 aliphatic rings. The van der Waals surface area contributed by atoms with Gasteiger partial charge in [-0.25, -0.2) is 9.97 Å². The molecule has 0 radical (unpaired) electrons. The van der Waals surface area contributed by atoms with Gasteiger partial charge in [-0.3, -0.25) is 4.40 Å². The van der Waals surface area contributed by atoms with Crippen LogP contribution in [0, 0.1) is 0 Å². The smallest absolute Gasteiger partial charge is 0.165 e. The van der Waals surface area contributed by atoms with Crippen molar-refractivity contribution in [2.75, 3.05) is 0 Å². The number of nitrogens with zero attached hydrogens (tertiary/aromatic N) is 3. The van der Waals surface area contributed by atoms with Crippen molar-refractivity contribution in [1.29, 1.82) is 0 Å². The van der Waals surface area contributed by atoms with Crippen LogP contribution in [-0.2, 0) is 0 Å². The van der Waals surface area contributed by atoms with Crippen molar-refractivity contribution < 1.29 is 4.42 Å². The van der Waals surface area contributed by atoms with Crippen molar-refractivity contribution >= 4 is 103 Å². The van der Waals surface area contributed by atoms with Crippen molar-refractivity contribution in [3.05, 3.63) is 115 Å². The van der Waals surface area contributed by atoms with Crippen molar-refractivity contribution in [2.24, 2.45) is 0 Å². The minimum atomic E-state index is 0.886. The van der Waals surface area contributed by atoms with Crippen LogP contribution in [0.1, 0.15) is 0 Å². The molecule has 5 aromatic heterocycles. The lowest BCUT2D eigenvalue weighted by Gasteiger charge is -2.05. The van der Waals surface area contributed by atoms with Crippen LogP contribution in [0.4, 0.5) is 0 Å². The van der Waals surface area contributed by atoms with E-state index in [9.17, 15) is 0 Å². The molecule has 11 aromatic rings. The minimum absolute atomic E-state index is 0.886. The van der Waals surface area contributed by atoms with Crippen molar-refractivity contribution in [1.82, 2.24) is 14.4 Å². The van der Waals surface area contributed by atoms with Crippen LogP contribution in [-0.4, -0.2) is 14.4 Å². The summed E-state index contributed by atoms with van der Waals surface area (Å²) in [5, 5.41) is 8.39. The largest absolute Gasteiger partial charge is 0.456 e. The maximum atomic E-state index is 6.35. The molecule has 0 aliphatic carbocycles. The van der Waals surface area contributed by atoms with E-state index in [0.717, 1.165) is 60.6 Å². The summed E-state index contributed by atoms with van der Waals surface area (Å²) < 4.78 is 11.3. The average Bonchev–Trinajstić information content (AvgIpc) is 3.79. The van der Waals surface area contributed by atoms with E-state index in [1.54, 1.807) is 0 Å². The summed E-state index contributed by atoms with van der Waals surface area (Å²) in [6.07, 6.45) is 0. The monoisotopic (exact) mass is 565 g/mol. The SMILES string of the molecule is c1ccc2nc3c(nc2c1)c1cc(-c2ccc4sc5ccccc5c4c2)cc2c4c5c(ccc4n3c12)oc1ccccc15. The molecule has 6 aromatic carbocycles. The zero-order valence-electron chi connectivity index (χ0n) is 22.6. The minimum Gasteiger partial charge on any atom is -0.456 e. The van der Waals surface area contributed by atoms with Gasteiger partial charge < -0.3 is 4.42 Å². The second kappa shape index (κ2) is 7.65. The lowest BCUT2D eigenvalue weighted by Crippen LogP contribution is -1.89. The third-order valence-electron chi connectivity index (χ3n) is 9.09. The van der Waals surface area contributed by atoms with E-state index in [4.69, 9.17) is 14.4 Å². The molecular weight excluding hydrogens is 547 g/mol. The fourth-order valence-electron chi connectivity index (χ4n) is 7.25. The first-order valence-corrected chi connectivity index (χ1v) is 15.2. The highest BCUT2D eigenvalue weighted by atomic mass is 32.1. The summed E-state index contributed by atoms with van der Waals surface area (Å²) >= 11 is 1.85. The van der Waals surface area contributed by atoms with Crippen molar-refractivity contribution in [3.8, 4) is 11.1 Å². The number of hydrogen-bond acceptors (Lipinski definition) is 4. The van der Waals surface area contributed by atoms with Gasteiger partial charge in [-0.1, -0.05) is 54.6 Å². The Morgan fingerprint density at radius 3 is 2.21 bits per heavy atom. The molecule has 0 saturated carbocycles. The van der Waals surface area contributed by atoms with Gasteiger partial charge in [-0.15, -0.1) is 11.3 Å². The topological polar surface area (TPSA) is 43.3 Å². The fraction of sp³-hybridized carbons (Fsp3) is 0. The zero-order chi connectivity index (χ0) is 27.8. The molecule has 0 fully saturated rings. The van der Waals surface area contributed by atoms with Gasteiger partial charge in [0.05, 0.1) is 22.1 Å². The Morgan fingerprint density at radius 1 is 0.535 bits per heavy atom. The Bertz CT molecular complexity index is 2960. The second-order valence-electron chi connectivity index (χ2n) is 11.4. The van der Waals surface area contributed by atoms with Gasteiger partial charge in [0.1, 0.15) is 16.7 Å². The predicted molar refractivity (Wildman–Crippen MR) is 180 cm³/mol. The van der Waals surface area contributed by atoms with Gasteiger partial charge in [0, 0.05) is 47.1 Å². The van der Waals surface area contributed by atoms with Crippen LogP contribution in [0.5, 0.6) is 0 Å². The average molecular weight is 566 g/mol. The van der Waals surface area contributed by atoms with Gasteiger partial charge in [-0.05, 0) is 71.8 Å². The summed E-state index contributed by atoms with van der Waals surface area (Å²) in [6.45, 7) is 0. The van der Waals surface area contributed by atoms with Crippen LogP contribution < -0.4 is 0 Å². The summed E-state index contributed by atoms with van der Waals surface area (Å²) in [4.78, 5) is 10.4. The maximum absolute atomic E-state index is 6.35. The molecular formula is C38H19N3OS. The molecule has 0 unspecified atom stereocenters. The summed E-state index contributed by atoms with van der Waals surface area (Å²) in [5.41, 5.74) is 10.1. The van der Waals surface area contributed by atoms with E-state index in [0.29, 0.717) is 0 Å². The fourth-order valence-corrected chi connectivity index (χ4v) is 8.34. The Hall–Kier alpha value is -5.52. The Labute approximate surface area is 247 Å². The number of fused-ring (bicyclic) bond motifs is 14. The van der Waals surface area contributed by atoms with Gasteiger partial charge in [0.2, 0.25) is 0 Å².